The molecule has 0 bridgehead atoms. The number of carbonyl (C=O) groups is 1. The molecule has 0 aromatic heterocycles. The van der Waals surface area contributed by atoms with Crippen molar-refractivity contribution < 1.29 is 9.53 Å². The van der Waals surface area contributed by atoms with E-state index in [9.17, 15) is 4.79 Å². The zero-order chi connectivity index (χ0) is 14.7. The van der Waals surface area contributed by atoms with Crippen LogP contribution in [-0.4, -0.2) is 27.0 Å². The van der Waals surface area contributed by atoms with Gasteiger partial charge in [0.05, 0.1) is 7.11 Å². The van der Waals surface area contributed by atoms with Gasteiger partial charge in [0.15, 0.2) is 5.78 Å². The van der Waals surface area contributed by atoms with E-state index < -0.39 is 0 Å². The lowest BCUT2D eigenvalue weighted by Gasteiger charge is -2.19. The molecule has 0 amide bonds. The quantitative estimate of drug-likeness (QED) is 0.794. The molecule has 0 aliphatic heterocycles. The van der Waals surface area contributed by atoms with Gasteiger partial charge in [-0.2, -0.15) is 0 Å². The maximum atomic E-state index is 11.6. The lowest BCUT2D eigenvalue weighted by atomic mass is 9.98. The zero-order valence-electron chi connectivity index (χ0n) is 12.3. The zero-order valence-corrected chi connectivity index (χ0v) is 12.3. The number of para-hydroxylation sites is 1. The van der Waals surface area contributed by atoms with Crippen molar-refractivity contribution in [3.05, 3.63) is 48.0 Å². The Hall–Kier alpha value is -2.29. The van der Waals surface area contributed by atoms with Gasteiger partial charge in [-0.05, 0) is 31.2 Å². The Bertz CT molecular complexity index is 633. The fraction of sp³-hybridized carbons (Fsp3) is 0.235. The van der Waals surface area contributed by atoms with Crippen LogP contribution in [0, 0.1) is 0 Å². The SMILES string of the molecule is COc1ccc(C(C)=O)cc1-c1ccccc1N(C)C. The molecule has 0 saturated carbocycles. The van der Waals surface area contributed by atoms with Gasteiger partial charge in [-0.1, -0.05) is 18.2 Å². The third kappa shape index (κ3) is 2.67. The van der Waals surface area contributed by atoms with E-state index in [1.807, 2.05) is 44.4 Å². The van der Waals surface area contributed by atoms with Gasteiger partial charge in [0.25, 0.3) is 0 Å². The minimum Gasteiger partial charge on any atom is -0.496 e. The van der Waals surface area contributed by atoms with Crippen molar-refractivity contribution in [1.82, 2.24) is 0 Å². The van der Waals surface area contributed by atoms with E-state index in [2.05, 4.69) is 11.0 Å². The summed E-state index contributed by atoms with van der Waals surface area (Å²) in [5.41, 5.74) is 3.77. The predicted octanol–water partition coefficient (Wildman–Crippen LogP) is 3.63. The maximum Gasteiger partial charge on any atom is 0.159 e. The molecule has 20 heavy (non-hydrogen) atoms. The van der Waals surface area contributed by atoms with Crippen LogP contribution in [0.2, 0.25) is 0 Å². The summed E-state index contributed by atoms with van der Waals surface area (Å²) < 4.78 is 5.44. The van der Waals surface area contributed by atoms with Crippen molar-refractivity contribution >= 4 is 11.5 Å². The Balaban J connectivity index is 2.67. The highest BCUT2D eigenvalue weighted by atomic mass is 16.5. The summed E-state index contributed by atoms with van der Waals surface area (Å²) in [6.45, 7) is 1.57. The maximum absolute atomic E-state index is 11.6. The van der Waals surface area contributed by atoms with E-state index in [1.165, 1.54) is 0 Å². The van der Waals surface area contributed by atoms with Crippen molar-refractivity contribution in [2.75, 3.05) is 26.1 Å². The number of benzene rings is 2. The predicted molar refractivity (Wildman–Crippen MR) is 82.8 cm³/mol. The third-order valence-corrected chi connectivity index (χ3v) is 3.28. The second-order valence-corrected chi connectivity index (χ2v) is 4.88. The first kappa shape index (κ1) is 14.1. The Morgan fingerprint density at radius 2 is 1.75 bits per heavy atom. The summed E-state index contributed by atoms with van der Waals surface area (Å²) in [7, 11) is 5.64. The van der Waals surface area contributed by atoms with Crippen LogP contribution in [0.3, 0.4) is 0 Å². The van der Waals surface area contributed by atoms with Crippen LogP contribution in [0.4, 0.5) is 5.69 Å². The van der Waals surface area contributed by atoms with Gasteiger partial charge < -0.3 is 9.64 Å². The molecule has 104 valence electrons. The van der Waals surface area contributed by atoms with Crippen LogP contribution in [0.1, 0.15) is 17.3 Å². The standard InChI is InChI=1S/C17H19NO2/c1-12(19)13-9-10-17(20-4)15(11-13)14-7-5-6-8-16(14)18(2)3/h5-11H,1-4H3. The van der Waals surface area contributed by atoms with Gasteiger partial charge in [-0.15, -0.1) is 0 Å². The van der Waals surface area contributed by atoms with Crippen LogP contribution in [0.25, 0.3) is 11.1 Å². The van der Waals surface area contributed by atoms with E-state index in [1.54, 1.807) is 20.1 Å². The molecule has 0 spiro atoms. The molecule has 0 unspecified atom stereocenters. The smallest absolute Gasteiger partial charge is 0.159 e. The van der Waals surface area contributed by atoms with Crippen LogP contribution >= 0.6 is 0 Å². The van der Waals surface area contributed by atoms with Crippen LogP contribution in [0.15, 0.2) is 42.5 Å². The second kappa shape index (κ2) is 5.78. The van der Waals surface area contributed by atoms with E-state index in [4.69, 9.17) is 4.74 Å². The number of anilines is 1. The molecule has 0 N–H and O–H groups in total. The summed E-state index contributed by atoms with van der Waals surface area (Å²) in [5, 5.41) is 0. The molecule has 0 saturated heterocycles. The topological polar surface area (TPSA) is 29.5 Å². The molecule has 2 aromatic rings. The lowest BCUT2D eigenvalue weighted by molar-refractivity contribution is 0.101. The fourth-order valence-corrected chi connectivity index (χ4v) is 2.23. The number of ketones is 1. The van der Waals surface area contributed by atoms with Crippen molar-refractivity contribution in [2.24, 2.45) is 0 Å². The van der Waals surface area contributed by atoms with Gasteiger partial charge in [0, 0.05) is 36.5 Å². The van der Waals surface area contributed by atoms with Gasteiger partial charge in [0.2, 0.25) is 0 Å². The summed E-state index contributed by atoms with van der Waals surface area (Å²) in [6, 6.07) is 13.6. The molecule has 0 heterocycles. The highest BCUT2D eigenvalue weighted by Gasteiger charge is 2.13. The first-order chi connectivity index (χ1) is 9.54. The number of hydrogen-bond donors (Lipinski definition) is 0. The molecule has 3 heteroatoms. The summed E-state index contributed by atoms with van der Waals surface area (Å²) in [4.78, 5) is 13.6. The molecule has 0 fully saturated rings. The summed E-state index contributed by atoms with van der Waals surface area (Å²) in [6.07, 6.45) is 0. The molecule has 2 aromatic carbocycles. The molecule has 0 aliphatic carbocycles. The number of nitrogens with zero attached hydrogens (tertiary/aromatic N) is 1. The Morgan fingerprint density at radius 1 is 1.05 bits per heavy atom. The number of Topliss-reactive ketones (excluding diaryl/α,β-unsaturated/α-hetero) is 1. The van der Waals surface area contributed by atoms with E-state index >= 15 is 0 Å². The minimum absolute atomic E-state index is 0.0521. The molecule has 0 aliphatic rings. The molecular weight excluding hydrogens is 250 g/mol. The minimum atomic E-state index is 0.0521. The van der Waals surface area contributed by atoms with E-state index in [-0.39, 0.29) is 5.78 Å². The Labute approximate surface area is 119 Å². The number of carbonyl (C=O) groups excluding carboxylic acids is 1. The Morgan fingerprint density at radius 3 is 2.35 bits per heavy atom. The molecule has 0 atom stereocenters. The van der Waals surface area contributed by atoms with Gasteiger partial charge >= 0.3 is 0 Å². The Kier molecular flexibility index (Phi) is 4.08. The van der Waals surface area contributed by atoms with Gasteiger partial charge in [-0.3, -0.25) is 4.79 Å². The number of hydrogen-bond acceptors (Lipinski definition) is 3. The molecule has 2 rings (SSSR count). The first-order valence-corrected chi connectivity index (χ1v) is 6.50. The second-order valence-electron chi connectivity index (χ2n) is 4.88. The van der Waals surface area contributed by atoms with Crippen LogP contribution in [-0.2, 0) is 0 Å². The van der Waals surface area contributed by atoms with Crippen LogP contribution < -0.4 is 9.64 Å². The largest absolute Gasteiger partial charge is 0.496 e. The van der Waals surface area contributed by atoms with E-state index in [0.717, 1.165) is 22.6 Å². The van der Waals surface area contributed by atoms with Crippen molar-refractivity contribution in [3.8, 4) is 16.9 Å². The summed E-state index contributed by atoms with van der Waals surface area (Å²) >= 11 is 0. The molecular formula is C17H19NO2. The average Bonchev–Trinajstić information content (AvgIpc) is 2.46. The number of rotatable bonds is 4. The highest BCUT2D eigenvalue weighted by Crippen LogP contribution is 2.36. The average molecular weight is 269 g/mol. The highest BCUT2D eigenvalue weighted by molar-refractivity contribution is 5.96. The van der Waals surface area contributed by atoms with Crippen molar-refractivity contribution in [1.29, 1.82) is 0 Å². The van der Waals surface area contributed by atoms with Crippen LogP contribution in [0.5, 0.6) is 5.75 Å². The van der Waals surface area contributed by atoms with E-state index in [0.29, 0.717) is 5.56 Å². The fourth-order valence-electron chi connectivity index (χ4n) is 2.23. The number of ether oxygens (including phenoxy) is 1. The number of methoxy groups -OCH3 is 1. The molecule has 0 radical (unpaired) electrons. The van der Waals surface area contributed by atoms with Crippen molar-refractivity contribution in [3.63, 3.8) is 0 Å². The molecule has 3 nitrogen and oxygen atoms in total. The third-order valence-electron chi connectivity index (χ3n) is 3.28. The first-order valence-electron chi connectivity index (χ1n) is 6.50. The monoisotopic (exact) mass is 269 g/mol. The van der Waals surface area contributed by atoms with Gasteiger partial charge in [0.1, 0.15) is 5.75 Å². The normalized spacial score (nSPS) is 10.2. The van der Waals surface area contributed by atoms with Gasteiger partial charge in [-0.25, -0.2) is 0 Å². The summed E-state index contributed by atoms with van der Waals surface area (Å²) in [5.74, 6) is 0.820. The lowest BCUT2D eigenvalue weighted by Crippen LogP contribution is -2.10. The van der Waals surface area contributed by atoms with Crippen molar-refractivity contribution in [2.45, 2.75) is 6.92 Å².